The van der Waals surface area contributed by atoms with Crippen LogP contribution in [0.4, 0.5) is 5.69 Å². The third-order valence-electron chi connectivity index (χ3n) is 3.02. The SMILES string of the molecule is CSc1cccc(NC2CCCNCC2)c1. The molecule has 1 aromatic rings. The molecule has 0 aromatic heterocycles. The molecule has 2 nitrogen and oxygen atoms in total. The summed E-state index contributed by atoms with van der Waals surface area (Å²) in [4.78, 5) is 1.33. The average Bonchev–Trinajstić information content (AvgIpc) is 2.58. The Kier molecular flexibility index (Phi) is 4.55. The summed E-state index contributed by atoms with van der Waals surface area (Å²) in [6.07, 6.45) is 5.90. The molecule has 0 radical (unpaired) electrons. The van der Waals surface area contributed by atoms with Crippen molar-refractivity contribution in [2.45, 2.75) is 30.2 Å². The van der Waals surface area contributed by atoms with Crippen molar-refractivity contribution in [3.8, 4) is 0 Å². The fourth-order valence-corrected chi connectivity index (χ4v) is 2.57. The van der Waals surface area contributed by atoms with Crippen LogP contribution in [0.25, 0.3) is 0 Å². The van der Waals surface area contributed by atoms with Crippen LogP contribution in [0.15, 0.2) is 29.2 Å². The lowest BCUT2D eigenvalue weighted by molar-refractivity contribution is 0.637. The monoisotopic (exact) mass is 236 g/mol. The Morgan fingerprint density at radius 2 is 2.25 bits per heavy atom. The topological polar surface area (TPSA) is 24.1 Å². The molecule has 1 atom stereocenters. The molecular formula is C13H20N2S. The lowest BCUT2D eigenvalue weighted by Gasteiger charge is -2.17. The quantitative estimate of drug-likeness (QED) is 0.789. The molecule has 1 aliphatic heterocycles. The highest BCUT2D eigenvalue weighted by molar-refractivity contribution is 7.98. The third kappa shape index (κ3) is 3.42. The second-order valence-electron chi connectivity index (χ2n) is 4.25. The number of thioether (sulfide) groups is 1. The molecule has 2 N–H and O–H groups in total. The minimum atomic E-state index is 0.632. The van der Waals surface area contributed by atoms with E-state index in [0.29, 0.717) is 6.04 Å². The Balaban J connectivity index is 1.96. The zero-order valence-electron chi connectivity index (χ0n) is 9.83. The van der Waals surface area contributed by atoms with Crippen molar-refractivity contribution in [1.29, 1.82) is 0 Å². The maximum absolute atomic E-state index is 3.64. The van der Waals surface area contributed by atoms with Crippen LogP contribution in [0.5, 0.6) is 0 Å². The first-order chi connectivity index (χ1) is 7.88. The van der Waals surface area contributed by atoms with E-state index in [-0.39, 0.29) is 0 Å². The van der Waals surface area contributed by atoms with Crippen LogP contribution in [0.3, 0.4) is 0 Å². The molecule has 88 valence electrons. The van der Waals surface area contributed by atoms with E-state index in [9.17, 15) is 0 Å². The van der Waals surface area contributed by atoms with E-state index in [2.05, 4.69) is 41.2 Å². The molecule has 1 heterocycles. The number of rotatable bonds is 3. The summed E-state index contributed by atoms with van der Waals surface area (Å²) < 4.78 is 0. The van der Waals surface area contributed by atoms with E-state index in [1.54, 1.807) is 11.8 Å². The van der Waals surface area contributed by atoms with Crippen molar-refractivity contribution in [1.82, 2.24) is 5.32 Å². The largest absolute Gasteiger partial charge is 0.382 e. The van der Waals surface area contributed by atoms with Gasteiger partial charge in [0, 0.05) is 16.6 Å². The minimum absolute atomic E-state index is 0.632. The molecular weight excluding hydrogens is 216 g/mol. The summed E-state index contributed by atoms with van der Waals surface area (Å²) in [6, 6.07) is 9.32. The van der Waals surface area contributed by atoms with Gasteiger partial charge in [-0.15, -0.1) is 11.8 Å². The zero-order valence-corrected chi connectivity index (χ0v) is 10.6. The maximum atomic E-state index is 3.64. The molecule has 16 heavy (non-hydrogen) atoms. The van der Waals surface area contributed by atoms with Gasteiger partial charge in [-0.05, 0) is 56.8 Å². The second-order valence-corrected chi connectivity index (χ2v) is 5.13. The van der Waals surface area contributed by atoms with Crippen LogP contribution in [-0.4, -0.2) is 25.4 Å². The molecule has 1 saturated heterocycles. The molecule has 1 aromatic carbocycles. The van der Waals surface area contributed by atoms with Crippen LogP contribution >= 0.6 is 11.8 Å². The predicted octanol–water partition coefficient (Wildman–Crippen LogP) is 2.96. The maximum Gasteiger partial charge on any atom is 0.0353 e. The van der Waals surface area contributed by atoms with Crippen LogP contribution in [-0.2, 0) is 0 Å². The lowest BCUT2D eigenvalue weighted by Crippen LogP contribution is -2.21. The van der Waals surface area contributed by atoms with Gasteiger partial charge in [-0.3, -0.25) is 0 Å². The van der Waals surface area contributed by atoms with Crippen molar-refractivity contribution in [3.05, 3.63) is 24.3 Å². The summed E-state index contributed by atoms with van der Waals surface area (Å²) in [6.45, 7) is 2.31. The van der Waals surface area contributed by atoms with Crippen molar-refractivity contribution in [2.24, 2.45) is 0 Å². The number of hydrogen-bond acceptors (Lipinski definition) is 3. The van der Waals surface area contributed by atoms with Crippen molar-refractivity contribution in [3.63, 3.8) is 0 Å². The highest BCUT2D eigenvalue weighted by Gasteiger charge is 2.11. The molecule has 0 amide bonds. The summed E-state index contributed by atoms with van der Waals surface area (Å²) in [7, 11) is 0. The normalized spacial score (nSPS) is 21.4. The van der Waals surface area contributed by atoms with E-state index >= 15 is 0 Å². The van der Waals surface area contributed by atoms with Crippen molar-refractivity contribution in [2.75, 3.05) is 24.7 Å². The van der Waals surface area contributed by atoms with Crippen molar-refractivity contribution < 1.29 is 0 Å². The van der Waals surface area contributed by atoms with Crippen LogP contribution in [0.2, 0.25) is 0 Å². The highest BCUT2D eigenvalue weighted by atomic mass is 32.2. The number of benzene rings is 1. The van der Waals surface area contributed by atoms with Gasteiger partial charge in [0.2, 0.25) is 0 Å². The number of hydrogen-bond donors (Lipinski definition) is 2. The number of nitrogens with one attached hydrogen (secondary N) is 2. The van der Waals surface area contributed by atoms with Crippen molar-refractivity contribution >= 4 is 17.4 Å². The van der Waals surface area contributed by atoms with Gasteiger partial charge in [0.1, 0.15) is 0 Å². The lowest BCUT2D eigenvalue weighted by atomic mass is 10.1. The summed E-state index contributed by atoms with van der Waals surface area (Å²) in [5.74, 6) is 0. The first kappa shape index (κ1) is 11.8. The fourth-order valence-electron chi connectivity index (χ4n) is 2.11. The first-order valence-electron chi connectivity index (χ1n) is 6.00. The minimum Gasteiger partial charge on any atom is -0.382 e. The molecule has 2 rings (SSSR count). The summed E-state index contributed by atoms with van der Waals surface area (Å²) >= 11 is 1.80. The molecule has 0 aliphatic carbocycles. The molecule has 0 bridgehead atoms. The molecule has 1 aliphatic rings. The standard InChI is InChI=1S/C13H20N2S/c1-16-13-6-2-4-12(10-13)15-11-5-3-8-14-9-7-11/h2,4,6,10-11,14-15H,3,5,7-9H2,1H3. The van der Waals surface area contributed by atoms with Crippen LogP contribution in [0, 0.1) is 0 Å². The van der Waals surface area contributed by atoms with Gasteiger partial charge in [-0.1, -0.05) is 6.07 Å². The molecule has 0 spiro atoms. The number of anilines is 1. The van der Waals surface area contributed by atoms with Gasteiger partial charge in [-0.2, -0.15) is 0 Å². The van der Waals surface area contributed by atoms with Crippen LogP contribution < -0.4 is 10.6 Å². The predicted molar refractivity (Wildman–Crippen MR) is 72.4 cm³/mol. The highest BCUT2D eigenvalue weighted by Crippen LogP contribution is 2.21. The van der Waals surface area contributed by atoms with Crippen LogP contribution in [0.1, 0.15) is 19.3 Å². The van der Waals surface area contributed by atoms with Gasteiger partial charge in [0.05, 0.1) is 0 Å². The van der Waals surface area contributed by atoms with Gasteiger partial charge < -0.3 is 10.6 Å². The zero-order chi connectivity index (χ0) is 11.2. The van der Waals surface area contributed by atoms with Gasteiger partial charge in [-0.25, -0.2) is 0 Å². The Labute approximate surface area is 102 Å². The second kappa shape index (κ2) is 6.16. The van der Waals surface area contributed by atoms with Gasteiger partial charge >= 0.3 is 0 Å². The average molecular weight is 236 g/mol. The van der Waals surface area contributed by atoms with Gasteiger partial charge in [0.15, 0.2) is 0 Å². The summed E-state index contributed by atoms with van der Waals surface area (Å²) in [5.41, 5.74) is 1.26. The molecule has 1 fully saturated rings. The summed E-state index contributed by atoms with van der Waals surface area (Å²) in [5, 5.41) is 7.08. The van der Waals surface area contributed by atoms with E-state index in [4.69, 9.17) is 0 Å². The van der Waals surface area contributed by atoms with Gasteiger partial charge in [0.25, 0.3) is 0 Å². The Bertz CT molecular complexity index is 319. The Morgan fingerprint density at radius 3 is 3.12 bits per heavy atom. The molecule has 0 saturated carbocycles. The third-order valence-corrected chi connectivity index (χ3v) is 3.74. The Morgan fingerprint density at radius 1 is 1.31 bits per heavy atom. The molecule has 3 heteroatoms. The molecule has 1 unspecified atom stereocenters. The smallest absolute Gasteiger partial charge is 0.0353 e. The van der Waals surface area contributed by atoms with E-state index in [0.717, 1.165) is 6.54 Å². The first-order valence-corrected chi connectivity index (χ1v) is 7.22. The fraction of sp³-hybridized carbons (Fsp3) is 0.538. The van der Waals surface area contributed by atoms with E-state index < -0.39 is 0 Å². The van der Waals surface area contributed by atoms with E-state index in [1.165, 1.54) is 36.4 Å². The van der Waals surface area contributed by atoms with E-state index in [1.807, 2.05) is 0 Å². The Hall–Kier alpha value is -0.670.